The summed E-state index contributed by atoms with van der Waals surface area (Å²) in [7, 11) is 0. The molecule has 25 heavy (non-hydrogen) atoms. The summed E-state index contributed by atoms with van der Waals surface area (Å²) in [6.07, 6.45) is 3.21. The van der Waals surface area contributed by atoms with E-state index in [2.05, 4.69) is 4.90 Å². The minimum absolute atomic E-state index is 0.0354. The Morgan fingerprint density at radius 3 is 2.08 bits per heavy atom. The summed E-state index contributed by atoms with van der Waals surface area (Å²) in [4.78, 5) is 16.5. The lowest BCUT2D eigenvalue weighted by Crippen LogP contribution is -2.48. The van der Waals surface area contributed by atoms with Crippen LogP contribution >= 0.6 is 34.8 Å². The summed E-state index contributed by atoms with van der Waals surface area (Å²) in [6, 6.07) is 13.0. The summed E-state index contributed by atoms with van der Waals surface area (Å²) in [6.45, 7) is 2.91. The Hall–Kier alpha value is -1.68. The SMILES string of the molecule is O=C(C=Cc1c(Cl)cccc1Cl)N1CCN(c2ccc(Cl)cc2)CC1. The largest absolute Gasteiger partial charge is 0.368 e. The molecule has 1 saturated heterocycles. The summed E-state index contributed by atoms with van der Waals surface area (Å²) in [5.41, 5.74) is 1.79. The zero-order valence-corrected chi connectivity index (χ0v) is 15.7. The number of rotatable bonds is 3. The fourth-order valence-corrected chi connectivity index (χ4v) is 3.42. The van der Waals surface area contributed by atoms with Crippen LogP contribution in [-0.4, -0.2) is 37.0 Å². The highest BCUT2D eigenvalue weighted by atomic mass is 35.5. The van der Waals surface area contributed by atoms with Crippen molar-refractivity contribution in [1.82, 2.24) is 4.90 Å². The van der Waals surface area contributed by atoms with Gasteiger partial charge in [-0.05, 0) is 42.5 Å². The zero-order valence-electron chi connectivity index (χ0n) is 13.5. The van der Waals surface area contributed by atoms with Crippen LogP contribution in [0, 0.1) is 0 Å². The molecule has 2 aromatic rings. The van der Waals surface area contributed by atoms with Gasteiger partial charge in [0.15, 0.2) is 0 Å². The van der Waals surface area contributed by atoms with Crippen molar-refractivity contribution in [3.63, 3.8) is 0 Å². The van der Waals surface area contributed by atoms with Crippen LogP contribution in [0.1, 0.15) is 5.56 Å². The molecule has 3 rings (SSSR count). The first-order chi connectivity index (χ1) is 12.0. The average Bonchev–Trinajstić information content (AvgIpc) is 2.62. The molecule has 1 heterocycles. The average molecular weight is 396 g/mol. The van der Waals surface area contributed by atoms with Gasteiger partial charge in [0, 0.05) is 58.6 Å². The molecule has 2 aromatic carbocycles. The summed E-state index contributed by atoms with van der Waals surface area (Å²) < 4.78 is 0. The molecule has 0 saturated carbocycles. The number of carbonyl (C=O) groups is 1. The third-order valence-corrected chi connectivity index (χ3v) is 5.09. The van der Waals surface area contributed by atoms with Crippen LogP contribution in [-0.2, 0) is 4.79 Å². The Morgan fingerprint density at radius 1 is 0.880 bits per heavy atom. The van der Waals surface area contributed by atoms with E-state index in [1.165, 1.54) is 6.08 Å². The second-order valence-electron chi connectivity index (χ2n) is 5.76. The topological polar surface area (TPSA) is 23.6 Å². The number of hydrogen-bond donors (Lipinski definition) is 0. The van der Waals surface area contributed by atoms with E-state index in [1.54, 1.807) is 24.3 Å². The first-order valence-electron chi connectivity index (χ1n) is 7.96. The molecule has 0 bridgehead atoms. The van der Waals surface area contributed by atoms with Crippen LogP contribution in [0.5, 0.6) is 0 Å². The highest BCUT2D eigenvalue weighted by molar-refractivity contribution is 6.37. The van der Waals surface area contributed by atoms with Crippen molar-refractivity contribution in [3.8, 4) is 0 Å². The predicted octanol–water partition coefficient (Wildman–Crippen LogP) is 5.01. The number of halogens is 3. The molecule has 0 aromatic heterocycles. The van der Waals surface area contributed by atoms with Gasteiger partial charge < -0.3 is 9.80 Å². The van der Waals surface area contributed by atoms with E-state index >= 15 is 0 Å². The van der Waals surface area contributed by atoms with Gasteiger partial charge in [0.25, 0.3) is 0 Å². The zero-order chi connectivity index (χ0) is 17.8. The molecule has 1 aliphatic rings. The quantitative estimate of drug-likeness (QED) is 0.682. The van der Waals surface area contributed by atoms with Gasteiger partial charge in [-0.25, -0.2) is 0 Å². The number of hydrogen-bond acceptors (Lipinski definition) is 2. The summed E-state index contributed by atoms with van der Waals surface area (Å²) in [5.74, 6) is -0.0354. The van der Waals surface area contributed by atoms with Gasteiger partial charge in [0.2, 0.25) is 5.91 Å². The van der Waals surface area contributed by atoms with Crippen LogP contribution in [0.2, 0.25) is 15.1 Å². The number of carbonyl (C=O) groups excluding carboxylic acids is 1. The number of anilines is 1. The molecule has 6 heteroatoms. The molecule has 0 unspecified atom stereocenters. The molecular weight excluding hydrogens is 379 g/mol. The lowest BCUT2D eigenvalue weighted by Gasteiger charge is -2.35. The highest BCUT2D eigenvalue weighted by Crippen LogP contribution is 2.25. The van der Waals surface area contributed by atoms with Crippen LogP contribution in [0.3, 0.4) is 0 Å². The van der Waals surface area contributed by atoms with Gasteiger partial charge in [-0.3, -0.25) is 4.79 Å². The minimum Gasteiger partial charge on any atom is -0.368 e. The van der Waals surface area contributed by atoms with E-state index in [-0.39, 0.29) is 5.91 Å². The molecule has 0 aliphatic carbocycles. The van der Waals surface area contributed by atoms with E-state index in [0.29, 0.717) is 28.7 Å². The van der Waals surface area contributed by atoms with Crippen molar-refractivity contribution in [3.05, 3.63) is 69.2 Å². The molecule has 3 nitrogen and oxygen atoms in total. The molecule has 130 valence electrons. The van der Waals surface area contributed by atoms with Gasteiger partial charge in [-0.2, -0.15) is 0 Å². The first kappa shape index (κ1) is 18.1. The maximum absolute atomic E-state index is 12.4. The molecule has 1 amide bonds. The van der Waals surface area contributed by atoms with Crippen molar-refractivity contribution in [1.29, 1.82) is 0 Å². The number of amides is 1. The second-order valence-corrected chi connectivity index (χ2v) is 7.01. The normalized spacial score (nSPS) is 15.0. The summed E-state index contributed by atoms with van der Waals surface area (Å²) >= 11 is 18.2. The third-order valence-electron chi connectivity index (χ3n) is 4.18. The molecule has 0 radical (unpaired) electrons. The van der Waals surface area contributed by atoms with Gasteiger partial charge in [0.05, 0.1) is 0 Å². The van der Waals surface area contributed by atoms with Crippen LogP contribution in [0.25, 0.3) is 6.08 Å². The van der Waals surface area contributed by atoms with Gasteiger partial charge >= 0.3 is 0 Å². The van der Waals surface area contributed by atoms with Crippen LogP contribution in [0.15, 0.2) is 48.5 Å². The summed E-state index contributed by atoms with van der Waals surface area (Å²) in [5, 5.41) is 1.79. The third kappa shape index (κ3) is 4.49. The van der Waals surface area contributed by atoms with Crippen molar-refractivity contribution in [2.45, 2.75) is 0 Å². The lowest BCUT2D eigenvalue weighted by molar-refractivity contribution is -0.126. The van der Waals surface area contributed by atoms with Crippen molar-refractivity contribution >= 4 is 52.5 Å². The van der Waals surface area contributed by atoms with Crippen LogP contribution < -0.4 is 4.90 Å². The van der Waals surface area contributed by atoms with Crippen molar-refractivity contribution in [2.24, 2.45) is 0 Å². The maximum atomic E-state index is 12.4. The Bertz CT molecular complexity index is 762. The standard InChI is InChI=1S/C19H17Cl3N2O/c20-14-4-6-15(7-5-14)23-10-12-24(13-11-23)19(25)9-8-16-17(21)2-1-3-18(16)22/h1-9H,10-13H2. The Labute approximate surface area is 162 Å². The molecular formula is C19H17Cl3N2O. The lowest BCUT2D eigenvalue weighted by atomic mass is 10.2. The maximum Gasteiger partial charge on any atom is 0.246 e. The molecule has 0 atom stereocenters. The Balaban J connectivity index is 1.60. The second kappa shape index (κ2) is 8.13. The van der Waals surface area contributed by atoms with Gasteiger partial charge in [-0.1, -0.05) is 40.9 Å². The Kier molecular flexibility index (Phi) is 5.89. The van der Waals surface area contributed by atoms with E-state index in [9.17, 15) is 4.79 Å². The van der Waals surface area contributed by atoms with Crippen molar-refractivity contribution in [2.75, 3.05) is 31.1 Å². The molecule has 0 spiro atoms. The highest BCUT2D eigenvalue weighted by Gasteiger charge is 2.19. The molecule has 1 fully saturated rings. The minimum atomic E-state index is -0.0354. The fraction of sp³-hybridized carbons (Fsp3) is 0.211. The van der Waals surface area contributed by atoms with E-state index in [1.807, 2.05) is 29.2 Å². The fourth-order valence-electron chi connectivity index (χ4n) is 2.77. The van der Waals surface area contributed by atoms with Crippen LogP contribution in [0.4, 0.5) is 5.69 Å². The predicted molar refractivity (Wildman–Crippen MR) is 106 cm³/mol. The number of nitrogens with zero attached hydrogens (tertiary/aromatic N) is 2. The van der Waals surface area contributed by atoms with Gasteiger partial charge in [0.1, 0.15) is 0 Å². The van der Waals surface area contributed by atoms with Gasteiger partial charge in [-0.15, -0.1) is 0 Å². The monoisotopic (exact) mass is 394 g/mol. The Morgan fingerprint density at radius 2 is 1.48 bits per heavy atom. The van der Waals surface area contributed by atoms with E-state index < -0.39 is 0 Å². The van der Waals surface area contributed by atoms with E-state index in [4.69, 9.17) is 34.8 Å². The first-order valence-corrected chi connectivity index (χ1v) is 9.09. The molecule has 1 aliphatic heterocycles. The van der Waals surface area contributed by atoms with Crippen molar-refractivity contribution < 1.29 is 4.79 Å². The van der Waals surface area contributed by atoms with E-state index in [0.717, 1.165) is 23.8 Å². The number of benzene rings is 2. The molecule has 0 N–H and O–H groups in total. The smallest absolute Gasteiger partial charge is 0.246 e. The number of piperazine rings is 1.